The van der Waals surface area contributed by atoms with Gasteiger partial charge in [-0.25, -0.2) is 0 Å². The molecule has 0 aliphatic rings. The predicted molar refractivity (Wildman–Crippen MR) is 81.2 cm³/mol. The molecule has 1 aromatic rings. The van der Waals surface area contributed by atoms with E-state index in [1.165, 1.54) is 30.4 Å². The van der Waals surface area contributed by atoms with E-state index < -0.39 is 0 Å². The van der Waals surface area contributed by atoms with Crippen LogP contribution in [0.2, 0.25) is 0 Å². The fraction of sp³-hybridized carbons (Fsp3) is 0.647. The van der Waals surface area contributed by atoms with E-state index in [4.69, 9.17) is 0 Å². The van der Waals surface area contributed by atoms with Crippen LogP contribution in [0.15, 0.2) is 18.2 Å². The third kappa shape index (κ3) is 4.81. The lowest BCUT2D eigenvalue weighted by atomic mass is 9.93. The smallest absolute Gasteiger partial charge is 0.00494 e. The second-order valence-corrected chi connectivity index (χ2v) is 5.35. The molecule has 1 nitrogen and oxygen atoms in total. The Morgan fingerprint density at radius 1 is 1.06 bits per heavy atom. The highest BCUT2D eigenvalue weighted by Crippen LogP contribution is 2.18. The van der Waals surface area contributed by atoms with Crippen LogP contribution in [0, 0.1) is 5.92 Å². The third-order valence-electron chi connectivity index (χ3n) is 3.85. The highest BCUT2D eigenvalue weighted by Gasteiger charge is 2.06. The van der Waals surface area contributed by atoms with Crippen LogP contribution in [-0.4, -0.2) is 13.6 Å². The zero-order valence-electron chi connectivity index (χ0n) is 12.6. The van der Waals surface area contributed by atoms with Crippen molar-refractivity contribution in [2.24, 2.45) is 5.92 Å². The summed E-state index contributed by atoms with van der Waals surface area (Å²) in [5.41, 5.74) is 4.59. The number of aryl methyl sites for hydroxylation is 3. The summed E-state index contributed by atoms with van der Waals surface area (Å²) in [6, 6.07) is 7.03. The molecular formula is C17H29N. The van der Waals surface area contributed by atoms with Gasteiger partial charge in [0.1, 0.15) is 0 Å². The molecule has 1 atom stereocenters. The lowest BCUT2D eigenvalue weighted by Crippen LogP contribution is -2.12. The summed E-state index contributed by atoms with van der Waals surface area (Å²) in [5.74, 6) is 0.812. The van der Waals surface area contributed by atoms with Crippen LogP contribution in [0.3, 0.4) is 0 Å². The Bertz CT molecular complexity index is 343. The number of hydrogen-bond donors (Lipinski definition) is 1. The van der Waals surface area contributed by atoms with Crippen molar-refractivity contribution in [2.75, 3.05) is 13.6 Å². The Morgan fingerprint density at radius 3 is 2.44 bits per heavy atom. The Morgan fingerprint density at radius 2 is 1.83 bits per heavy atom. The van der Waals surface area contributed by atoms with Crippen molar-refractivity contribution in [1.29, 1.82) is 0 Å². The maximum atomic E-state index is 3.24. The highest BCUT2D eigenvalue weighted by molar-refractivity contribution is 5.32. The zero-order chi connectivity index (χ0) is 13.4. The zero-order valence-corrected chi connectivity index (χ0v) is 12.6. The van der Waals surface area contributed by atoms with E-state index in [1.807, 2.05) is 7.05 Å². The number of nitrogens with one attached hydrogen (secondary N) is 1. The highest BCUT2D eigenvalue weighted by atomic mass is 14.8. The fourth-order valence-electron chi connectivity index (χ4n) is 2.41. The normalized spacial score (nSPS) is 12.7. The summed E-state index contributed by atoms with van der Waals surface area (Å²) in [7, 11) is 2.03. The minimum Gasteiger partial charge on any atom is -0.320 e. The molecule has 0 bridgehead atoms. The molecule has 0 amide bonds. The number of hydrogen-bond acceptors (Lipinski definition) is 1. The van der Waals surface area contributed by atoms with Gasteiger partial charge in [-0.2, -0.15) is 0 Å². The van der Waals surface area contributed by atoms with Gasteiger partial charge in [0.2, 0.25) is 0 Å². The van der Waals surface area contributed by atoms with Crippen LogP contribution < -0.4 is 5.32 Å². The van der Waals surface area contributed by atoms with Crippen molar-refractivity contribution in [1.82, 2.24) is 5.32 Å². The first-order chi connectivity index (χ1) is 8.71. The van der Waals surface area contributed by atoms with Crippen molar-refractivity contribution >= 4 is 0 Å². The predicted octanol–water partition coefficient (Wildman–Crippen LogP) is 3.99. The number of benzene rings is 1. The van der Waals surface area contributed by atoms with Gasteiger partial charge in [0.15, 0.2) is 0 Å². The van der Waals surface area contributed by atoms with E-state index in [-0.39, 0.29) is 0 Å². The van der Waals surface area contributed by atoms with Gasteiger partial charge in [-0.3, -0.25) is 0 Å². The molecular weight excluding hydrogens is 218 g/mol. The molecule has 0 aliphatic heterocycles. The van der Waals surface area contributed by atoms with E-state index in [1.54, 1.807) is 5.56 Å². The van der Waals surface area contributed by atoms with E-state index in [0.29, 0.717) is 0 Å². The molecule has 0 aromatic heterocycles. The maximum absolute atomic E-state index is 3.24. The second-order valence-electron chi connectivity index (χ2n) is 5.35. The molecule has 1 aromatic carbocycles. The molecule has 0 saturated carbocycles. The van der Waals surface area contributed by atoms with Gasteiger partial charge in [0.05, 0.1) is 0 Å². The van der Waals surface area contributed by atoms with E-state index >= 15 is 0 Å². The van der Waals surface area contributed by atoms with Gasteiger partial charge < -0.3 is 5.32 Å². The van der Waals surface area contributed by atoms with Crippen molar-refractivity contribution in [3.8, 4) is 0 Å². The molecule has 1 N–H and O–H groups in total. The van der Waals surface area contributed by atoms with Crippen LogP contribution in [0.25, 0.3) is 0 Å². The minimum atomic E-state index is 0.812. The van der Waals surface area contributed by atoms with Crippen LogP contribution >= 0.6 is 0 Å². The average Bonchev–Trinajstić information content (AvgIpc) is 2.42. The Hall–Kier alpha value is -0.820. The Balaban J connectivity index is 2.59. The summed E-state index contributed by atoms with van der Waals surface area (Å²) in [6.07, 6.45) is 6.13. The minimum absolute atomic E-state index is 0.812. The molecule has 0 saturated heterocycles. The maximum Gasteiger partial charge on any atom is -0.00494 e. The first-order valence-corrected chi connectivity index (χ1v) is 7.46. The van der Waals surface area contributed by atoms with Gasteiger partial charge in [-0.05, 0) is 68.3 Å². The topological polar surface area (TPSA) is 12.0 Å². The molecule has 0 heterocycles. The molecule has 1 rings (SSSR count). The van der Waals surface area contributed by atoms with Gasteiger partial charge in [0, 0.05) is 0 Å². The average molecular weight is 247 g/mol. The quantitative estimate of drug-likeness (QED) is 0.732. The van der Waals surface area contributed by atoms with Crippen LogP contribution in [-0.2, 0) is 19.3 Å². The largest absolute Gasteiger partial charge is 0.320 e. The molecule has 102 valence electrons. The Kier molecular flexibility index (Phi) is 7.04. The van der Waals surface area contributed by atoms with Gasteiger partial charge in [0.25, 0.3) is 0 Å². The molecule has 18 heavy (non-hydrogen) atoms. The van der Waals surface area contributed by atoms with Gasteiger partial charge in [-0.1, -0.05) is 39.0 Å². The van der Waals surface area contributed by atoms with Gasteiger partial charge in [-0.15, -0.1) is 0 Å². The molecule has 0 spiro atoms. The van der Waals surface area contributed by atoms with Crippen molar-refractivity contribution in [3.05, 3.63) is 34.9 Å². The summed E-state index contributed by atoms with van der Waals surface area (Å²) in [6.45, 7) is 8.00. The standard InChI is InChI=1S/C17H29N/c1-5-15-8-10-16(6-2)17(13-15)9-7-14(3)11-12-18-4/h8,10,13-14,18H,5-7,9,11-12H2,1-4H3. The van der Waals surface area contributed by atoms with E-state index in [9.17, 15) is 0 Å². The second kappa shape index (κ2) is 8.31. The van der Waals surface area contributed by atoms with Gasteiger partial charge >= 0.3 is 0 Å². The van der Waals surface area contributed by atoms with Crippen molar-refractivity contribution in [2.45, 2.75) is 52.9 Å². The monoisotopic (exact) mass is 247 g/mol. The molecule has 1 heteroatoms. The van der Waals surface area contributed by atoms with Crippen LogP contribution in [0.5, 0.6) is 0 Å². The first-order valence-electron chi connectivity index (χ1n) is 7.46. The SMILES string of the molecule is CCc1ccc(CC)c(CCC(C)CCNC)c1. The third-order valence-corrected chi connectivity index (χ3v) is 3.85. The molecule has 1 unspecified atom stereocenters. The first kappa shape index (κ1) is 15.2. The lowest BCUT2D eigenvalue weighted by molar-refractivity contribution is 0.481. The van der Waals surface area contributed by atoms with E-state index in [2.05, 4.69) is 44.3 Å². The lowest BCUT2D eigenvalue weighted by Gasteiger charge is -2.14. The summed E-state index contributed by atoms with van der Waals surface area (Å²) >= 11 is 0. The molecule has 0 fully saturated rings. The summed E-state index contributed by atoms with van der Waals surface area (Å²) in [5, 5.41) is 3.24. The Labute approximate surface area is 113 Å². The van der Waals surface area contributed by atoms with Crippen LogP contribution in [0.4, 0.5) is 0 Å². The summed E-state index contributed by atoms with van der Waals surface area (Å²) in [4.78, 5) is 0. The summed E-state index contributed by atoms with van der Waals surface area (Å²) < 4.78 is 0. The van der Waals surface area contributed by atoms with Crippen molar-refractivity contribution < 1.29 is 0 Å². The van der Waals surface area contributed by atoms with Crippen LogP contribution in [0.1, 0.15) is 50.3 Å². The number of rotatable bonds is 8. The molecule has 0 radical (unpaired) electrons. The molecule has 0 aliphatic carbocycles. The van der Waals surface area contributed by atoms with Crippen molar-refractivity contribution in [3.63, 3.8) is 0 Å². The van der Waals surface area contributed by atoms with E-state index in [0.717, 1.165) is 25.3 Å². The fourth-order valence-corrected chi connectivity index (χ4v) is 2.41.